The van der Waals surface area contributed by atoms with Gasteiger partial charge in [0.25, 0.3) is 9.03 Å². The molecule has 0 saturated heterocycles. The molecule has 0 aromatic heterocycles. The van der Waals surface area contributed by atoms with Crippen LogP contribution in [0.1, 0.15) is 122 Å². The van der Waals surface area contributed by atoms with E-state index >= 15 is 0 Å². The zero-order valence-electron chi connectivity index (χ0n) is 29.3. The summed E-state index contributed by atoms with van der Waals surface area (Å²) in [7, 11) is -2.04. The van der Waals surface area contributed by atoms with Gasteiger partial charge in [-0.2, -0.15) is 0 Å². The Labute approximate surface area is 265 Å². The highest BCUT2D eigenvalue weighted by molar-refractivity contribution is 7.54. The molecule has 0 saturated carbocycles. The Hall–Kier alpha value is -1.96. The van der Waals surface area contributed by atoms with E-state index in [0.29, 0.717) is 5.30 Å². The monoisotopic (exact) mass is 626 g/mol. The highest BCUT2D eigenvalue weighted by Gasteiger charge is 2.25. The van der Waals surface area contributed by atoms with Gasteiger partial charge >= 0.3 is 0 Å². The summed E-state index contributed by atoms with van der Waals surface area (Å²) in [6, 6.07) is 17.1. The van der Waals surface area contributed by atoms with Crippen molar-refractivity contribution in [2.45, 2.75) is 126 Å². The lowest BCUT2D eigenvalue weighted by molar-refractivity contribution is 0.476. The highest BCUT2D eigenvalue weighted by Crippen LogP contribution is 2.41. The van der Waals surface area contributed by atoms with Crippen molar-refractivity contribution < 1.29 is 18.8 Å². The second kappa shape index (κ2) is 14.0. The molecule has 3 aromatic rings. The molecule has 0 atom stereocenters. The van der Waals surface area contributed by atoms with Crippen LogP contribution in [0.3, 0.4) is 0 Å². The number of aryl methyl sites for hydroxylation is 3. The Morgan fingerprint density at radius 1 is 0.535 bits per heavy atom. The van der Waals surface area contributed by atoms with Gasteiger partial charge in [0.1, 0.15) is 11.5 Å². The normalized spacial score (nSPS) is 12.6. The first-order chi connectivity index (χ1) is 19.4. The van der Waals surface area contributed by atoms with Gasteiger partial charge in [0.2, 0.25) is 0 Å². The van der Waals surface area contributed by atoms with Crippen LogP contribution < -0.4 is 14.4 Å². The van der Waals surface area contributed by atoms with E-state index in [1.165, 1.54) is 22.3 Å². The van der Waals surface area contributed by atoms with Crippen molar-refractivity contribution in [2.75, 3.05) is 0 Å². The zero-order valence-corrected chi connectivity index (χ0v) is 31.2. The van der Waals surface area contributed by atoms with Crippen LogP contribution in [0.5, 0.6) is 11.5 Å². The smallest absolute Gasteiger partial charge is 0.275 e. The summed E-state index contributed by atoms with van der Waals surface area (Å²) in [5.41, 5.74) is 8.35. The van der Waals surface area contributed by atoms with Crippen molar-refractivity contribution in [3.63, 3.8) is 0 Å². The van der Waals surface area contributed by atoms with Crippen LogP contribution in [0.15, 0.2) is 48.5 Å². The zero-order chi connectivity index (χ0) is 33.1. The van der Waals surface area contributed by atoms with E-state index in [4.69, 9.17) is 18.8 Å². The van der Waals surface area contributed by atoms with Gasteiger partial charge in [0.05, 0.1) is 0 Å². The number of hydrogen-bond acceptors (Lipinski definition) is 4. The van der Waals surface area contributed by atoms with Crippen molar-refractivity contribution in [3.8, 4) is 11.5 Å². The predicted octanol–water partition coefficient (Wildman–Crippen LogP) is 10.4. The average Bonchev–Trinajstić information content (AvgIpc) is 2.81. The summed E-state index contributed by atoms with van der Waals surface area (Å²) in [5, 5.41) is 0.690. The molecule has 0 radical (unpaired) electrons. The maximum Gasteiger partial charge on any atom is 0.275 e. The van der Waals surface area contributed by atoms with Gasteiger partial charge in [-0.1, -0.05) is 125 Å². The van der Waals surface area contributed by atoms with Crippen LogP contribution in [0, 0.1) is 20.8 Å². The van der Waals surface area contributed by atoms with E-state index in [1.54, 1.807) is 0 Å². The minimum Gasteiger partial charge on any atom is -0.440 e. The van der Waals surface area contributed by atoms with Crippen molar-refractivity contribution in [3.05, 3.63) is 87.5 Å². The van der Waals surface area contributed by atoms with Crippen LogP contribution in [-0.4, -0.2) is 9.79 Å². The predicted molar refractivity (Wildman–Crippen MR) is 189 cm³/mol. The van der Waals surface area contributed by atoms with E-state index in [-0.39, 0.29) is 30.7 Å². The fourth-order valence-electron chi connectivity index (χ4n) is 4.94. The first-order valence-corrected chi connectivity index (χ1v) is 17.1. The van der Waals surface area contributed by atoms with E-state index in [0.717, 1.165) is 28.2 Å². The summed E-state index contributed by atoms with van der Waals surface area (Å²) in [4.78, 5) is 18.2. The summed E-state index contributed by atoms with van der Waals surface area (Å²) >= 11 is 0. The molecule has 0 aliphatic carbocycles. The molecule has 238 valence electrons. The van der Waals surface area contributed by atoms with Crippen LogP contribution in [0.4, 0.5) is 0 Å². The molecule has 0 aliphatic heterocycles. The second-order valence-electron chi connectivity index (χ2n) is 15.7. The third kappa shape index (κ3) is 10.6. The lowest BCUT2D eigenvalue weighted by atomic mass is 9.80. The van der Waals surface area contributed by atoms with Crippen LogP contribution in [0.25, 0.3) is 0 Å². The summed E-state index contributed by atoms with van der Waals surface area (Å²) in [6.45, 7) is 32.7. The largest absolute Gasteiger partial charge is 0.440 e. The van der Waals surface area contributed by atoms with Crippen molar-refractivity contribution in [2.24, 2.45) is 0 Å². The van der Waals surface area contributed by atoms with Gasteiger partial charge in [-0.25, -0.2) is 0 Å². The molecule has 3 rings (SSSR count). The SMILES string of the molecule is CC(C)(C)c1ccc(OPOc2ccc(C(C)(C)C)cc2C(C)(C)C)c(C(C)(C)C)c1.Cc1cc(C)c(P(O)O)c(C)c1. The van der Waals surface area contributed by atoms with E-state index < -0.39 is 8.38 Å². The molecule has 0 fully saturated rings. The molecule has 0 amide bonds. The van der Waals surface area contributed by atoms with Crippen LogP contribution in [-0.2, 0) is 21.7 Å². The topological polar surface area (TPSA) is 58.9 Å². The van der Waals surface area contributed by atoms with Crippen LogP contribution >= 0.6 is 17.4 Å². The Balaban J connectivity index is 0.000000448. The number of benzene rings is 3. The van der Waals surface area contributed by atoms with Gasteiger partial charge in [0.15, 0.2) is 8.38 Å². The van der Waals surface area contributed by atoms with Gasteiger partial charge < -0.3 is 18.8 Å². The van der Waals surface area contributed by atoms with Crippen molar-refractivity contribution in [1.82, 2.24) is 0 Å². The molecular weight excluding hydrogens is 570 g/mol. The molecular formula is C37H56O4P2. The van der Waals surface area contributed by atoms with Crippen molar-refractivity contribution in [1.29, 1.82) is 0 Å². The molecule has 0 spiro atoms. The number of rotatable bonds is 5. The Morgan fingerprint density at radius 3 is 1.16 bits per heavy atom. The molecule has 3 aromatic carbocycles. The first kappa shape index (κ1) is 37.2. The fourth-order valence-corrected chi connectivity index (χ4v) is 6.28. The number of hydrogen-bond donors (Lipinski definition) is 2. The molecule has 6 heteroatoms. The Bertz CT molecular complexity index is 1280. The Kier molecular flexibility index (Phi) is 12.1. The molecule has 0 heterocycles. The van der Waals surface area contributed by atoms with E-state index in [9.17, 15) is 0 Å². The summed E-state index contributed by atoms with van der Waals surface area (Å²) < 4.78 is 12.4. The van der Waals surface area contributed by atoms with Gasteiger partial charge in [-0.15, -0.1) is 0 Å². The minimum atomic E-state index is -1.95. The maximum absolute atomic E-state index is 9.10. The standard InChI is InChI=1S/C28H43O2P.C9H13O2P/c1-25(2,3)19-13-15-23(21(17-19)27(7,8)9)29-31-30-24-16-14-20(26(4,5)6)18-22(24)28(10,11)12;1-6-4-7(2)9(12(10)11)8(3)5-6/h13-18,31H,1-12H3;4-5,10-11H,1-3H3. The lowest BCUT2D eigenvalue weighted by Gasteiger charge is -2.28. The molecule has 43 heavy (non-hydrogen) atoms. The van der Waals surface area contributed by atoms with Gasteiger partial charge in [0, 0.05) is 16.4 Å². The lowest BCUT2D eigenvalue weighted by Crippen LogP contribution is -2.17. The van der Waals surface area contributed by atoms with Gasteiger partial charge in [-0.05, 0) is 76.8 Å². The molecule has 4 nitrogen and oxygen atoms in total. The van der Waals surface area contributed by atoms with Gasteiger partial charge in [-0.3, -0.25) is 0 Å². The van der Waals surface area contributed by atoms with Crippen molar-refractivity contribution >= 4 is 22.7 Å². The Morgan fingerprint density at radius 2 is 0.884 bits per heavy atom. The molecule has 0 aliphatic rings. The molecule has 0 unspecified atom stereocenters. The maximum atomic E-state index is 9.10. The third-order valence-electron chi connectivity index (χ3n) is 7.45. The third-order valence-corrected chi connectivity index (χ3v) is 9.16. The molecule has 2 N–H and O–H groups in total. The average molecular weight is 627 g/mol. The van der Waals surface area contributed by atoms with E-state index in [1.807, 2.05) is 32.9 Å². The van der Waals surface area contributed by atoms with Crippen LogP contribution in [0.2, 0.25) is 0 Å². The summed E-state index contributed by atoms with van der Waals surface area (Å²) in [5.74, 6) is 1.81. The minimum absolute atomic E-state index is 0.00794. The van der Waals surface area contributed by atoms with E-state index in [2.05, 4.69) is 119 Å². The first-order valence-electron chi connectivity index (χ1n) is 15.1. The second-order valence-corrected chi connectivity index (χ2v) is 17.3. The highest BCUT2D eigenvalue weighted by atomic mass is 31.2. The molecule has 0 bridgehead atoms. The summed E-state index contributed by atoms with van der Waals surface area (Å²) in [6.07, 6.45) is 0. The quantitative estimate of drug-likeness (QED) is 0.277. The fraction of sp³-hybridized carbons (Fsp3) is 0.514.